The summed E-state index contributed by atoms with van der Waals surface area (Å²) in [6.45, 7) is 1.84. The first kappa shape index (κ1) is 10.1. The topological polar surface area (TPSA) is 38.0 Å². The molecule has 1 heterocycles. The van der Waals surface area contributed by atoms with Crippen LogP contribution >= 0.6 is 11.6 Å². The van der Waals surface area contributed by atoms with Crippen LogP contribution in [0.25, 0.3) is 11.3 Å². The molecular weight excluding hydrogens is 212 g/mol. The van der Waals surface area contributed by atoms with Crippen molar-refractivity contribution in [2.75, 3.05) is 0 Å². The summed E-state index contributed by atoms with van der Waals surface area (Å²) in [6, 6.07) is 7.39. The fourth-order valence-electron chi connectivity index (χ4n) is 1.50. The second-order valence-electron chi connectivity index (χ2n) is 3.43. The Morgan fingerprint density at radius 1 is 1.27 bits per heavy atom. The van der Waals surface area contributed by atoms with Crippen molar-refractivity contribution in [3.8, 4) is 17.1 Å². The molecule has 0 aliphatic rings. The number of hydrogen-bond donors (Lipinski definition) is 1. The monoisotopic (exact) mass is 222 g/mol. The van der Waals surface area contributed by atoms with Crippen molar-refractivity contribution in [1.82, 2.24) is 9.78 Å². The molecule has 0 aliphatic heterocycles. The molecule has 0 saturated carbocycles. The molecule has 0 aliphatic carbocycles. The molecule has 4 heteroatoms. The Balaban J connectivity index is 2.54. The molecule has 0 bridgehead atoms. The maximum absolute atomic E-state index is 9.62. The lowest BCUT2D eigenvalue weighted by Crippen LogP contribution is -1.89. The summed E-state index contributed by atoms with van der Waals surface area (Å²) in [5.41, 5.74) is 2.51. The van der Waals surface area contributed by atoms with E-state index >= 15 is 0 Å². The van der Waals surface area contributed by atoms with Crippen molar-refractivity contribution >= 4 is 11.6 Å². The molecule has 0 fully saturated rings. The summed E-state index contributed by atoms with van der Waals surface area (Å²) in [5.74, 6) is 0.194. The van der Waals surface area contributed by atoms with E-state index in [9.17, 15) is 5.11 Å². The summed E-state index contributed by atoms with van der Waals surface area (Å²) in [4.78, 5) is 0. The Bertz CT molecular complexity index is 488. The maximum atomic E-state index is 9.62. The normalized spacial score (nSPS) is 10.6. The van der Waals surface area contributed by atoms with Gasteiger partial charge in [-0.15, -0.1) is 0 Å². The van der Waals surface area contributed by atoms with E-state index in [1.807, 2.05) is 31.2 Å². The first-order chi connectivity index (χ1) is 7.09. The number of halogens is 1. The van der Waals surface area contributed by atoms with Crippen molar-refractivity contribution in [1.29, 1.82) is 0 Å². The Morgan fingerprint density at radius 3 is 2.33 bits per heavy atom. The van der Waals surface area contributed by atoms with Crippen LogP contribution in [0.2, 0.25) is 5.02 Å². The van der Waals surface area contributed by atoms with Crippen LogP contribution in [-0.2, 0) is 7.05 Å². The highest BCUT2D eigenvalue weighted by Crippen LogP contribution is 2.28. The van der Waals surface area contributed by atoms with Gasteiger partial charge in [0.2, 0.25) is 5.88 Å². The SMILES string of the molecule is Cc1c(-c2ccc(Cl)cc2)nn(C)c1O. The zero-order valence-corrected chi connectivity index (χ0v) is 9.28. The van der Waals surface area contributed by atoms with Crippen molar-refractivity contribution in [2.45, 2.75) is 6.92 Å². The standard InChI is InChI=1S/C11H11ClN2O/c1-7-10(13-14(2)11(7)15)8-3-5-9(12)6-4-8/h3-6,15H,1-2H3. The Morgan fingerprint density at radius 2 is 1.87 bits per heavy atom. The molecule has 15 heavy (non-hydrogen) atoms. The van der Waals surface area contributed by atoms with Crippen LogP contribution in [0.5, 0.6) is 5.88 Å². The zero-order valence-electron chi connectivity index (χ0n) is 8.53. The highest BCUT2D eigenvalue weighted by Gasteiger charge is 2.12. The molecule has 2 rings (SSSR count). The molecule has 1 N–H and O–H groups in total. The van der Waals surface area contributed by atoms with Crippen molar-refractivity contribution < 1.29 is 5.11 Å². The van der Waals surface area contributed by atoms with E-state index in [2.05, 4.69) is 5.10 Å². The van der Waals surface area contributed by atoms with Gasteiger partial charge < -0.3 is 5.11 Å². The Hall–Kier alpha value is -1.48. The molecule has 78 valence electrons. The van der Waals surface area contributed by atoms with Gasteiger partial charge >= 0.3 is 0 Å². The minimum Gasteiger partial charge on any atom is -0.493 e. The number of aromatic hydroxyl groups is 1. The predicted octanol–water partition coefficient (Wildman–Crippen LogP) is 2.75. The van der Waals surface area contributed by atoms with Crippen molar-refractivity contribution in [2.24, 2.45) is 7.05 Å². The van der Waals surface area contributed by atoms with Crippen LogP contribution < -0.4 is 0 Å². The first-order valence-electron chi connectivity index (χ1n) is 4.58. The van der Waals surface area contributed by atoms with Gasteiger partial charge in [-0.3, -0.25) is 0 Å². The molecule has 2 aromatic rings. The van der Waals surface area contributed by atoms with Crippen LogP contribution in [0.1, 0.15) is 5.56 Å². The second kappa shape index (κ2) is 3.59. The number of aryl methyl sites for hydroxylation is 1. The predicted molar refractivity (Wildman–Crippen MR) is 60.1 cm³/mol. The van der Waals surface area contributed by atoms with Crippen LogP contribution in [0.3, 0.4) is 0 Å². The lowest BCUT2D eigenvalue weighted by Gasteiger charge is -1.97. The molecule has 0 spiro atoms. The number of hydrogen-bond acceptors (Lipinski definition) is 2. The Kier molecular flexibility index (Phi) is 2.40. The van der Waals surface area contributed by atoms with Crippen LogP contribution in [0, 0.1) is 6.92 Å². The fraction of sp³-hybridized carbons (Fsp3) is 0.182. The van der Waals surface area contributed by atoms with E-state index in [0.29, 0.717) is 5.02 Å². The second-order valence-corrected chi connectivity index (χ2v) is 3.86. The molecule has 3 nitrogen and oxygen atoms in total. The molecule has 1 aromatic carbocycles. The van der Waals surface area contributed by atoms with Gasteiger partial charge in [0.15, 0.2) is 0 Å². The number of aromatic nitrogens is 2. The largest absolute Gasteiger partial charge is 0.493 e. The van der Waals surface area contributed by atoms with Crippen molar-refractivity contribution in [3.05, 3.63) is 34.9 Å². The minimum absolute atomic E-state index is 0.194. The summed E-state index contributed by atoms with van der Waals surface area (Å²) in [7, 11) is 1.71. The van der Waals surface area contributed by atoms with Gasteiger partial charge in [-0.1, -0.05) is 23.7 Å². The van der Waals surface area contributed by atoms with Gasteiger partial charge in [-0.25, -0.2) is 4.68 Å². The summed E-state index contributed by atoms with van der Waals surface area (Å²) >= 11 is 5.80. The molecular formula is C11H11ClN2O. The average molecular weight is 223 g/mol. The summed E-state index contributed by atoms with van der Waals surface area (Å²) in [5, 5.41) is 14.5. The molecule has 1 aromatic heterocycles. The fourth-order valence-corrected chi connectivity index (χ4v) is 1.63. The van der Waals surface area contributed by atoms with Gasteiger partial charge in [0, 0.05) is 23.2 Å². The summed E-state index contributed by atoms with van der Waals surface area (Å²) < 4.78 is 1.46. The van der Waals surface area contributed by atoms with Gasteiger partial charge in [-0.2, -0.15) is 5.10 Å². The van der Waals surface area contributed by atoms with Gasteiger partial charge in [0.25, 0.3) is 0 Å². The van der Waals surface area contributed by atoms with Crippen LogP contribution in [-0.4, -0.2) is 14.9 Å². The van der Waals surface area contributed by atoms with E-state index in [1.54, 1.807) is 7.05 Å². The maximum Gasteiger partial charge on any atom is 0.212 e. The molecule has 0 unspecified atom stereocenters. The quantitative estimate of drug-likeness (QED) is 0.806. The highest BCUT2D eigenvalue weighted by molar-refractivity contribution is 6.30. The lowest BCUT2D eigenvalue weighted by molar-refractivity contribution is 0.416. The van der Waals surface area contributed by atoms with Gasteiger partial charge in [0.1, 0.15) is 0 Å². The Labute approximate surface area is 92.9 Å². The van der Waals surface area contributed by atoms with Crippen LogP contribution in [0.15, 0.2) is 24.3 Å². The van der Waals surface area contributed by atoms with E-state index in [0.717, 1.165) is 16.8 Å². The molecule has 0 saturated heterocycles. The number of rotatable bonds is 1. The zero-order chi connectivity index (χ0) is 11.0. The highest BCUT2D eigenvalue weighted by atomic mass is 35.5. The first-order valence-corrected chi connectivity index (χ1v) is 4.96. The van der Waals surface area contributed by atoms with Crippen molar-refractivity contribution in [3.63, 3.8) is 0 Å². The summed E-state index contributed by atoms with van der Waals surface area (Å²) in [6.07, 6.45) is 0. The van der Waals surface area contributed by atoms with E-state index in [1.165, 1.54) is 4.68 Å². The van der Waals surface area contributed by atoms with Gasteiger partial charge in [-0.05, 0) is 19.1 Å². The van der Waals surface area contributed by atoms with E-state index < -0.39 is 0 Å². The number of benzene rings is 1. The third-order valence-electron chi connectivity index (χ3n) is 2.36. The third-order valence-corrected chi connectivity index (χ3v) is 2.62. The van der Waals surface area contributed by atoms with E-state index in [4.69, 9.17) is 11.6 Å². The van der Waals surface area contributed by atoms with E-state index in [-0.39, 0.29) is 5.88 Å². The average Bonchev–Trinajstić information content (AvgIpc) is 2.47. The smallest absolute Gasteiger partial charge is 0.212 e. The number of nitrogens with zero attached hydrogens (tertiary/aromatic N) is 2. The molecule has 0 atom stereocenters. The molecule has 0 amide bonds. The molecule has 0 radical (unpaired) electrons. The minimum atomic E-state index is 0.194. The lowest BCUT2D eigenvalue weighted by atomic mass is 10.1. The van der Waals surface area contributed by atoms with Crippen LogP contribution in [0.4, 0.5) is 0 Å². The third kappa shape index (κ3) is 1.70. The van der Waals surface area contributed by atoms with Gasteiger partial charge in [0.05, 0.1) is 5.69 Å².